The first-order valence-electron chi connectivity index (χ1n) is 6.24. The molecule has 0 aliphatic heterocycles. The molecule has 0 saturated carbocycles. The molecular weight excluding hydrogens is 254 g/mol. The molecule has 1 N–H and O–H groups in total. The van der Waals surface area contributed by atoms with Gasteiger partial charge < -0.3 is 14.8 Å². The van der Waals surface area contributed by atoms with Crippen molar-refractivity contribution < 1.29 is 14.3 Å². The molecule has 1 amide bonds. The Bertz CT molecular complexity index is 623. The van der Waals surface area contributed by atoms with Gasteiger partial charge in [0, 0.05) is 5.56 Å². The van der Waals surface area contributed by atoms with Crippen LogP contribution >= 0.6 is 0 Å². The highest BCUT2D eigenvalue weighted by Crippen LogP contribution is 2.28. The lowest BCUT2D eigenvalue weighted by Gasteiger charge is -2.13. The van der Waals surface area contributed by atoms with Crippen molar-refractivity contribution in [3.63, 3.8) is 0 Å². The van der Waals surface area contributed by atoms with Gasteiger partial charge in [-0.2, -0.15) is 0 Å². The van der Waals surface area contributed by atoms with Crippen molar-refractivity contribution in [3.8, 4) is 11.5 Å². The molecule has 2 aromatic carbocycles. The van der Waals surface area contributed by atoms with Crippen LogP contribution in [0.3, 0.4) is 0 Å². The maximum Gasteiger partial charge on any atom is 0.255 e. The molecule has 0 atom stereocenters. The van der Waals surface area contributed by atoms with Crippen LogP contribution in [-0.4, -0.2) is 20.1 Å². The molecule has 2 aromatic rings. The second-order valence-electron chi connectivity index (χ2n) is 4.34. The number of carbonyl (C=O) groups is 1. The largest absolute Gasteiger partial charge is 0.497 e. The second kappa shape index (κ2) is 6.10. The number of hydrogen-bond acceptors (Lipinski definition) is 3. The van der Waals surface area contributed by atoms with Crippen LogP contribution in [0.15, 0.2) is 42.5 Å². The van der Waals surface area contributed by atoms with Crippen LogP contribution in [0.1, 0.15) is 15.9 Å². The highest BCUT2D eigenvalue weighted by molar-refractivity contribution is 6.05. The summed E-state index contributed by atoms with van der Waals surface area (Å²) in [5, 5.41) is 2.88. The molecule has 0 bridgehead atoms. The van der Waals surface area contributed by atoms with Gasteiger partial charge in [-0.05, 0) is 36.8 Å². The highest BCUT2D eigenvalue weighted by atomic mass is 16.5. The fourth-order valence-corrected chi connectivity index (χ4v) is 1.92. The fraction of sp³-hybridized carbons (Fsp3) is 0.188. The Labute approximate surface area is 118 Å². The molecule has 4 heteroatoms. The first-order valence-corrected chi connectivity index (χ1v) is 6.24. The number of nitrogens with one attached hydrogen (secondary N) is 1. The Hall–Kier alpha value is -2.49. The van der Waals surface area contributed by atoms with Gasteiger partial charge in [0.1, 0.15) is 11.5 Å². The van der Waals surface area contributed by atoms with E-state index >= 15 is 0 Å². The Kier molecular flexibility index (Phi) is 4.25. The zero-order valence-corrected chi connectivity index (χ0v) is 11.8. The number of rotatable bonds is 4. The number of carbonyl (C=O) groups excluding carboxylic acids is 1. The fourth-order valence-electron chi connectivity index (χ4n) is 1.92. The number of ether oxygens (including phenoxy) is 2. The molecule has 0 aliphatic carbocycles. The number of hydrogen-bond donors (Lipinski definition) is 1. The Morgan fingerprint density at radius 1 is 1.05 bits per heavy atom. The summed E-state index contributed by atoms with van der Waals surface area (Å²) in [6, 6.07) is 12.6. The number of aryl methyl sites for hydroxylation is 1. The molecule has 0 fully saturated rings. The number of benzene rings is 2. The quantitative estimate of drug-likeness (QED) is 0.928. The summed E-state index contributed by atoms with van der Waals surface area (Å²) in [7, 11) is 3.15. The van der Waals surface area contributed by atoms with E-state index in [0.717, 1.165) is 5.56 Å². The summed E-state index contributed by atoms with van der Waals surface area (Å²) in [6.07, 6.45) is 0. The number of anilines is 1. The van der Waals surface area contributed by atoms with Crippen molar-refractivity contribution >= 4 is 11.6 Å². The smallest absolute Gasteiger partial charge is 0.255 e. The van der Waals surface area contributed by atoms with E-state index in [1.165, 1.54) is 0 Å². The van der Waals surface area contributed by atoms with E-state index in [1.54, 1.807) is 38.5 Å². The number of methoxy groups -OCH3 is 2. The lowest BCUT2D eigenvalue weighted by Crippen LogP contribution is -2.13. The third kappa shape index (κ3) is 2.91. The zero-order valence-electron chi connectivity index (χ0n) is 11.8. The van der Waals surface area contributed by atoms with E-state index in [-0.39, 0.29) is 5.91 Å². The van der Waals surface area contributed by atoms with Crippen LogP contribution in [0.4, 0.5) is 5.69 Å². The van der Waals surface area contributed by atoms with Gasteiger partial charge in [0.2, 0.25) is 0 Å². The minimum absolute atomic E-state index is 0.198. The average molecular weight is 271 g/mol. The van der Waals surface area contributed by atoms with Gasteiger partial charge >= 0.3 is 0 Å². The van der Waals surface area contributed by atoms with Gasteiger partial charge in [-0.1, -0.05) is 18.2 Å². The van der Waals surface area contributed by atoms with E-state index in [2.05, 4.69) is 5.32 Å². The summed E-state index contributed by atoms with van der Waals surface area (Å²) >= 11 is 0. The monoisotopic (exact) mass is 271 g/mol. The van der Waals surface area contributed by atoms with Crippen LogP contribution in [0.5, 0.6) is 11.5 Å². The van der Waals surface area contributed by atoms with Crippen molar-refractivity contribution in [3.05, 3.63) is 53.6 Å². The van der Waals surface area contributed by atoms with Crippen molar-refractivity contribution in [2.75, 3.05) is 19.5 Å². The molecule has 0 aliphatic rings. The average Bonchev–Trinajstić information content (AvgIpc) is 2.49. The van der Waals surface area contributed by atoms with Crippen molar-refractivity contribution in [1.82, 2.24) is 0 Å². The molecule has 0 heterocycles. The summed E-state index contributed by atoms with van der Waals surface area (Å²) < 4.78 is 10.4. The summed E-state index contributed by atoms with van der Waals surface area (Å²) in [5.41, 5.74) is 2.16. The van der Waals surface area contributed by atoms with E-state index in [0.29, 0.717) is 22.7 Å². The van der Waals surface area contributed by atoms with E-state index in [1.807, 2.05) is 25.1 Å². The zero-order chi connectivity index (χ0) is 14.5. The molecule has 0 spiro atoms. The highest BCUT2D eigenvalue weighted by Gasteiger charge is 2.12. The summed E-state index contributed by atoms with van der Waals surface area (Å²) in [4.78, 5) is 12.3. The topological polar surface area (TPSA) is 47.6 Å². The van der Waals surface area contributed by atoms with Crippen molar-refractivity contribution in [2.24, 2.45) is 0 Å². The number of amides is 1. The van der Waals surface area contributed by atoms with Gasteiger partial charge in [0.15, 0.2) is 0 Å². The predicted octanol–water partition coefficient (Wildman–Crippen LogP) is 3.26. The van der Waals surface area contributed by atoms with Crippen LogP contribution in [-0.2, 0) is 0 Å². The summed E-state index contributed by atoms with van der Waals surface area (Å²) in [5.74, 6) is 1.09. The Morgan fingerprint density at radius 3 is 2.50 bits per heavy atom. The maximum atomic E-state index is 12.3. The lowest BCUT2D eigenvalue weighted by atomic mass is 10.1. The maximum absolute atomic E-state index is 12.3. The lowest BCUT2D eigenvalue weighted by molar-refractivity contribution is 0.102. The molecular formula is C16H17NO3. The third-order valence-electron chi connectivity index (χ3n) is 3.02. The Balaban J connectivity index is 2.27. The van der Waals surface area contributed by atoms with Crippen molar-refractivity contribution in [2.45, 2.75) is 6.92 Å². The van der Waals surface area contributed by atoms with Gasteiger partial charge in [0.05, 0.1) is 19.9 Å². The SMILES string of the molecule is COc1cccc(C(=O)Nc2c(C)cccc2OC)c1. The molecule has 0 saturated heterocycles. The molecule has 4 nitrogen and oxygen atoms in total. The minimum atomic E-state index is -0.198. The summed E-state index contributed by atoms with van der Waals surface area (Å²) in [6.45, 7) is 1.92. The normalized spacial score (nSPS) is 9.95. The molecule has 0 aromatic heterocycles. The van der Waals surface area contributed by atoms with Crippen LogP contribution in [0.2, 0.25) is 0 Å². The predicted molar refractivity (Wildman–Crippen MR) is 78.7 cm³/mol. The van der Waals surface area contributed by atoms with Gasteiger partial charge in [0.25, 0.3) is 5.91 Å². The van der Waals surface area contributed by atoms with Crippen molar-refractivity contribution in [1.29, 1.82) is 0 Å². The van der Waals surface area contributed by atoms with Gasteiger partial charge in [-0.15, -0.1) is 0 Å². The molecule has 104 valence electrons. The van der Waals surface area contributed by atoms with Crippen LogP contribution < -0.4 is 14.8 Å². The van der Waals surface area contributed by atoms with E-state index in [4.69, 9.17) is 9.47 Å². The minimum Gasteiger partial charge on any atom is -0.497 e. The molecule has 0 radical (unpaired) electrons. The first-order chi connectivity index (χ1) is 9.65. The Morgan fingerprint density at radius 2 is 1.80 bits per heavy atom. The first kappa shape index (κ1) is 13.9. The third-order valence-corrected chi connectivity index (χ3v) is 3.02. The standard InChI is InChI=1S/C16H17NO3/c1-11-6-4-9-14(20-3)15(11)17-16(18)12-7-5-8-13(10-12)19-2/h4-10H,1-3H3,(H,17,18). The van der Waals surface area contributed by atoms with E-state index < -0.39 is 0 Å². The second-order valence-corrected chi connectivity index (χ2v) is 4.34. The number of para-hydroxylation sites is 1. The molecule has 20 heavy (non-hydrogen) atoms. The van der Waals surface area contributed by atoms with Crippen LogP contribution in [0, 0.1) is 6.92 Å². The molecule has 0 unspecified atom stereocenters. The van der Waals surface area contributed by atoms with Crippen LogP contribution in [0.25, 0.3) is 0 Å². The van der Waals surface area contributed by atoms with E-state index in [9.17, 15) is 4.79 Å². The molecule has 2 rings (SSSR count). The van der Waals surface area contributed by atoms with Gasteiger partial charge in [-0.3, -0.25) is 4.79 Å². The van der Waals surface area contributed by atoms with Gasteiger partial charge in [-0.25, -0.2) is 0 Å².